The summed E-state index contributed by atoms with van der Waals surface area (Å²) in [4.78, 5) is 19.9. The van der Waals surface area contributed by atoms with E-state index in [0.717, 1.165) is 55.2 Å². The van der Waals surface area contributed by atoms with Crippen LogP contribution in [0.15, 0.2) is 60.9 Å². The molecule has 5 rings (SSSR count). The smallest absolute Gasteiger partial charge is 0.126 e. The Hall–Kier alpha value is -3.45. The highest BCUT2D eigenvalue weighted by Crippen LogP contribution is 2.33. The van der Waals surface area contributed by atoms with Crippen LogP contribution in [0, 0.1) is 0 Å². The van der Waals surface area contributed by atoms with Gasteiger partial charge >= 0.3 is 0 Å². The number of pyridine rings is 2. The summed E-state index contributed by atoms with van der Waals surface area (Å²) in [7, 11) is 0. The second-order valence-corrected chi connectivity index (χ2v) is 8.03. The topological polar surface area (TPSA) is 95.8 Å². The summed E-state index contributed by atoms with van der Waals surface area (Å²) in [6, 6.07) is 16.5. The number of anilines is 2. The van der Waals surface area contributed by atoms with E-state index in [1.54, 1.807) is 6.20 Å². The van der Waals surface area contributed by atoms with E-state index in [4.69, 9.17) is 15.7 Å². The minimum Gasteiger partial charge on any atom is -0.397 e. The van der Waals surface area contributed by atoms with Crippen LogP contribution in [0.5, 0.6) is 0 Å². The molecule has 7 heteroatoms. The van der Waals surface area contributed by atoms with E-state index in [0.29, 0.717) is 5.69 Å². The molecule has 3 heterocycles. The first-order chi connectivity index (χ1) is 15.3. The van der Waals surface area contributed by atoms with E-state index in [9.17, 15) is 0 Å². The molecular formula is C24H27N7. The third kappa shape index (κ3) is 4.36. The lowest BCUT2D eigenvalue weighted by molar-refractivity contribution is 0.169. The summed E-state index contributed by atoms with van der Waals surface area (Å²) in [5.41, 5.74) is 11.1. The van der Waals surface area contributed by atoms with Gasteiger partial charge in [-0.15, -0.1) is 0 Å². The van der Waals surface area contributed by atoms with Crippen LogP contribution in [-0.4, -0.2) is 37.9 Å². The molecule has 1 aliphatic carbocycles. The van der Waals surface area contributed by atoms with Crippen LogP contribution >= 0.6 is 0 Å². The molecule has 0 spiro atoms. The quantitative estimate of drug-likeness (QED) is 0.425. The molecule has 1 aliphatic rings. The number of aromatic nitrogens is 4. The predicted molar refractivity (Wildman–Crippen MR) is 124 cm³/mol. The van der Waals surface area contributed by atoms with Crippen molar-refractivity contribution in [3.05, 3.63) is 78.0 Å². The number of H-pyrrole nitrogens is 1. The molecule has 4 aromatic rings. The number of aryl methyl sites for hydroxylation is 1. The first kappa shape index (κ1) is 19.5. The lowest BCUT2D eigenvalue weighted by Gasteiger charge is -2.34. The third-order valence-electron chi connectivity index (χ3n) is 5.89. The predicted octanol–water partition coefficient (Wildman–Crippen LogP) is 3.93. The molecule has 0 aliphatic heterocycles. The van der Waals surface area contributed by atoms with Crippen LogP contribution in [0.1, 0.15) is 36.0 Å². The number of imidazole rings is 1. The monoisotopic (exact) mass is 413 g/mol. The van der Waals surface area contributed by atoms with E-state index in [-0.39, 0.29) is 6.04 Å². The lowest BCUT2D eigenvalue weighted by Crippen LogP contribution is -2.35. The molecule has 4 N–H and O–H groups in total. The van der Waals surface area contributed by atoms with Crippen LogP contribution < -0.4 is 11.1 Å². The second-order valence-electron chi connectivity index (χ2n) is 8.03. The molecule has 1 atom stereocenters. The molecule has 0 fully saturated rings. The summed E-state index contributed by atoms with van der Waals surface area (Å²) in [5, 5.41) is 3.42. The normalized spacial score (nSPS) is 15.8. The molecule has 1 unspecified atom stereocenters. The van der Waals surface area contributed by atoms with Gasteiger partial charge in [0.1, 0.15) is 11.6 Å². The largest absolute Gasteiger partial charge is 0.397 e. The Bertz CT molecular complexity index is 1120. The number of fused-ring (bicyclic) bond motifs is 2. The Labute approximate surface area is 181 Å². The summed E-state index contributed by atoms with van der Waals surface area (Å²) < 4.78 is 0. The van der Waals surface area contributed by atoms with Gasteiger partial charge in [-0.25, -0.2) is 9.97 Å². The zero-order chi connectivity index (χ0) is 21.0. The number of nitrogens with one attached hydrogen (secondary N) is 2. The minimum atomic E-state index is 0.277. The maximum absolute atomic E-state index is 5.75. The van der Waals surface area contributed by atoms with Crippen molar-refractivity contribution in [3.8, 4) is 0 Å². The maximum atomic E-state index is 5.75. The Morgan fingerprint density at radius 2 is 2.03 bits per heavy atom. The van der Waals surface area contributed by atoms with Gasteiger partial charge in [-0.3, -0.25) is 9.88 Å². The molecule has 1 aromatic carbocycles. The van der Waals surface area contributed by atoms with Gasteiger partial charge in [0, 0.05) is 19.3 Å². The molecule has 0 radical (unpaired) electrons. The third-order valence-corrected chi connectivity index (χ3v) is 5.89. The number of para-hydroxylation sites is 2. The number of nitrogens with two attached hydrogens (primary N) is 1. The Kier molecular flexibility index (Phi) is 5.50. The van der Waals surface area contributed by atoms with Gasteiger partial charge in [-0.1, -0.05) is 18.2 Å². The molecule has 158 valence electrons. The van der Waals surface area contributed by atoms with Crippen LogP contribution in [0.2, 0.25) is 0 Å². The first-order valence-electron chi connectivity index (χ1n) is 10.8. The van der Waals surface area contributed by atoms with E-state index >= 15 is 0 Å². The van der Waals surface area contributed by atoms with E-state index in [1.165, 1.54) is 17.7 Å². The number of rotatable bonds is 7. The minimum absolute atomic E-state index is 0.277. The SMILES string of the molecule is Nc1ccc(NCCN(Cc2nc3ccccc3[nH]2)C2CCCc3cccnc32)nc1. The average Bonchev–Trinajstić information content (AvgIpc) is 3.22. The van der Waals surface area contributed by atoms with Gasteiger partial charge in [-0.05, 0) is 55.2 Å². The second kappa shape index (κ2) is 8.73. The number of hydrogen-bond donors (Lipinski definition) is 3. The fourth-order valence-electron chi connectivity index (χ4n) is 4.40. The summed E-state index contributed by atoms with van der Waals surface area (Å²) in [6.45, 7) is 2.37. The van der Waals surface area contributed by atoms with Crippen LogP contribution in [0.3, 0.4) is 0 Å². The van der Waals surface area contributed by atoms with E-state index < -0.39 is 0 Å². The number of nitrogen functional groups attached to an aromatic ring is 1. The fourth-order valence-corrected chi connectivity index (χ4v) is 4.40. The summed E-state index contributed by atoms with van der Waals surface area (Å²) in [6.07, 6.45) is 6.96. The molecule has 0 bridgehead atoms. The number of nitrogens with zero attached hydrogens (tertiary/aromatic N) is 4. The van der Waals surface area contributed by atoms with Crippen LogP contribution in [0.25, 0.3) is 11.0 Å². The molecule has 31 heavy (non-hydrogen) atoms. The lowest BCUT2D eigenvalue weighted by atomic mass is 9.91. The van der Waals surface area contributed by atoms with E-state index in [1.807, 2.05) is 42.6 Å². The highest BCUT2D eigenvalue weighted by atomic mass is 15.2. The molecule has 0 saturated carbocycles. The Balaban J connectivity index is 1.37. The van der Waals surface area contributed by atoms with Crippen molar-refractivity contribution in [2.24, 2.45) is 0 Å². The molecule has 0 saturated heterocycles. The molecular weight excluding hydrogens is 386 g/mol. The van der Waals surface area contributed by atoms with Gasteiger partial charge in [0.05, 0.1) is 41.2 Å². The summed E-state index contributed by atoms with van der Waals surface area (Å²) in [5.74, 6) is 1.81. The molecule has 0 amide bonds. The first-order valence-corrected chi connectivity index (χ1v) is 10.8. The van der Waals surface area contributed by atoms with Crippen LogP contribution in [-0.2, 0) is 13.0 Å². The van der Waals surface area contributed by atoms with Crippen molar-refractivity contribution in [2.45, 2.75) is 31.8 Å². The maximum Gasteiger partial charge on any atom is 0.126 e. The highest BCUT2D eigenvalue weighted by molar-refractivity contribution is 5.74. The van der Waals surface area contributed by atoms with Crippen LogP contribution in [0.4, 0.5) is 11.5 Å². The number of hydrogen-bond acceptors (Lipinski definition) is 6. The zero-order valence-corrected chi connectivity index (χ0v) is 17.5. The average molecular weight is 414 g/mol. The molecule has 7 nitrogen and oxygen atoms in total. The fraction of sp³-hybridized carbons (Fsp3) is 0.292. The standard InChI is InChI=1S/C24H27N7/c25-18-10-11-22(28-15-18)26-13-14-31(16-23-29-19-7-1-2-8-20(19)30-23)21-9-3-5-17-6-4-12-27-24(17)21/h1-2,4,6-8,10-12,15,21H,3,5,9,13-14,16,25H2,(H,26,28)(H,29,30). The Morgan fingerprint density at radius 3 is 2.90 bits per heavy atom. The number of aromatic amines is 1. The van der Waals surface area contributed by atoms with Gasteiger partial charge < -0.3 is 16.0 Å². The van der Waals surface area contributed by atoms with Crippen molar-refractivity contribution < 1.29 is 0 Å². The summed E-state index contributed by atoms with van der Waals surface area (Å²) >= 11 is 0. The van der Waals surface area contributed by atoms with E-state index in [2.05, 4.69) is 32.3 Å². The van der Waals surface area contributed by atoms with Crippen molar-refractivity contribution in [2.75, 3.05) is 24.1 Å². The van der Waals surface area contributed by atoms with Gasteiger partial charge in [0.25, 0.3) is 0 Å². The van der Waals surface area contributed by atoms with Crippen molar-refractivity contribution >= 4 is 22.5 Å². The van der Waals surface area contributed by atoms with Gasteiger partial charge in [-0.2, -0.15) is 0 Å². The highest BCUT2D eigenvalue weighted by Gasteiger charge is 2.27. The van der Waals surface area contributed by atoms with Crippen molar-refractivity contribution in [1.82, 2.24) is 24.8 Å². The van der Waals surface area contributed by atoms with Gasteiger partial charge in [0.15, 0.2) is 0 Å². The van der Waals surface area contributed by atoms with Gasteiger partial charge in [0.2, 0.25) is 0 Å². The Morgan fingerprint density at radius 1 is 1.10 bits per heavy atom. The number of benzene rings is 1. The van der Waals surface area contributed by atoms with Crippen molar-refractivity contribution in [3.63, 3.8) is 0 Å². The van der Waals surface area contributed by atoms with Crippen molar-refractivity contribution in [1.29, 1.82) is 0 Å². The molecule has 3 aromatic heterocycles. The zero-order valence-electron chi connectivity index (χ0n) is 17.5.